The molecule has 1 N–H and O–H groups in total. The van der Waals surface area contributed by atoms with E-state index in [4.69, 9.17) is 5.26 Å². The molecule has 0 aromatic heterocycles. The lowest BCUT2D eigenvalue weighted by Crippen LogP contribution is -2.28. The molecule has 0 fully saturated rings. The molecule has 0 heterocycles. The van der Waals surface area contributed by atoms with Gasteiger partial charge in [0, 0.05) is 18.3 Å². The third-order valence-corrected chi connectivity index (χ3v) is 5.03. The minimum atomic E-state index is -3.80. The van der Waals surface area contributed by atoms with Gasteiger partial charge in [0.05, 0.1) is 11.4 Å². The highest BCUT2D eigenvalue weighted by molar-refractivity contribution is 9.09. The minimum absolute atomic E-state index is 0.0152. The van der Waals surface area contributed by atoms with Crippen molar-refractivity contribution >= 4 is 31.9 Å². The van der Waals surface area contributed by atoms with E-state index in [1.54, 1.807) is 25.2 Å². The number of nitriles is 1. The zero-order valence-corrected chi connectivity index (χ0v) is 14.7. The van der Waals surface area contributed by atoms with E-state index in [0.717, 1.165) is 9.87 Å². The van der Waals surface area contributed by atoms with Crippen LogP contribution in [0.25, 0.3) is 0 Å². The van der Waals surface area contributed by atoms with Crippen LogP contribution in [0.1, 0.15) is 18.9 Å². The fourth-order valence-electron chi connectivity index (χ4n) is 1.73. The van der Waals surface area contributed by atoms with E-state index < -0.39 is 10.0 Å². The Bertz CT molecular complexity index is 638. The van der Waals surface area contributed by atoms with Gasteiger partial charge in [-0.2, -0.15) is 5.26 Å². The maximum Gasteiger partial charge on any atom is 0.272 e. The van der Waals surface area contributed by atoms with Crippen molar-refractivity contribution in [2.45, 2.75) is 24.7 Å². The van der Waals surface area contributed by atoms with Crippen LogP contribution >= 0.6 is 15.9 Å². The smallest absolute Gasteiger partial charge is 0.272 e. The summed E-state index contributed by atoms with van der Waals surface area (Å²) in [5.41, 5.74) is 0.916. The Morgan fingerprint density at radius 2 is 2.00 bits per heavy atom. The molecular formula is C14H18BrN3O3S. The number of nitrogens with one attached hydrogen (secondary N) is 1. The summed E-state index contributed by atoms with van der Waals surface area (Å²) in [7, 11) is -3.80. The second kappa shape index (κ2) is 8.76. The van der Waals surface area contributed by atoms with Crippen molar-refractivity contribution in [1.82, 2.24) is 9.62 Å². The molecule has 1 aromatic rings. The van der Waals surface area contributed by atoms with Crippen molar-refractivity contribution in [2.24, 2.45) is 0 Å². The Hall–Kier alpha value is -1.59. The van der Waals surface area contributed by atoms with E-state index in [2.05, 4.69) is 21.2 Å². The highest BCUT2D eigenvalue weighted by Gasteiger charge is 2.22. The standard InChI is InChI=1S/C14H18BrN3O3S/c1-2-14(19)17-9-7-12-3-5-13(6-4-12)22(20,21)18(11-16)10-8-15/h3-6H,2,7-10H2,1H3,(H,17,19). The van der Waals surface area contributed by atoms with Crippen molar-refractivity contribution in [2.75, 3.05) is 18.4 Å². The summed E-state index contributed by atoms with van der Waals surface area (Å²) in [6, 6.07) is 6.33. The largest absolute Gasteiger partial charge is 0.356 e. The molecule has 1 amide bonds. The van der Waals surface area contributed by atoms with E-state index in [0.29, 0.717) is 24.7 Å². The van der Waals surface area contributed by atoms with E-state index in [9.17, 15) is 13.2 Å². The Kier molecular flexibility index (Phi) is 7.35. The van der Waals surface area contributed by atoms with Crippen LogP contribution < -0.4 is 5.32 Å². The van der Waals surface area contributed by atoms with Crippen LogP contribution in [0, 0.1) is 11.5 Å². The minimum Gasteiger partial charge on any atom is -0.356 e. The molecule has 0 saturated heterocycles. The number of rotatable bonds is 8. The lowest BCUT2D eigenvalue weighted by molar-refractivity contribution is -0.120. The van der Waals surface area contributed by atoms with Gasteiger partial charge >= 0.3 is 0 Å². The monoisotopic (exact) mass is 387 g/mol. The molecule has 22 heavy (non-hydrogen) atoms. The molecule has 0 saturated carbocycles. The van der Waals surface area contributed by atoms with Crippen molar-refractivity contribution in [1.29, 1.82) is 5.26 Å². The molecule has 0 atom stereocenters. The van der Waals surface area contributed by atoms with Gasteiger partial charge in [-0.05, 0) is 24.1 Å². The van der Waals surface area contributed by atoms with Crippen LogP contribution in [0.4, 0.5) is 0 Å². The maximum atomic E-state index is 12.2. The quantitative estimate of drug-likeness (QED) is 0.416. The number of hydrogen-bond acceptors (Lipinski definition) is 4. The molecule has 1 rings (SSSR count). The van der Waals surface area contributed by atoms with Crippen molar-refractivity contribution < 1.29 is 13.2 Å². The van der Waals surface area contributed by atoms with Gasteiger partial charge in [0.1, 0.15) is 0 Å². The van der Waals surface area contributed by atoms with Gasteiger partial charge in [-0.25, -0.2) is 12.7 Å². The first-order valence-corrected chi connectivity index (χ1v) is 9.36. The van der Waals surface area contributed by atoms with Gasteiger partial charge < -0.3 is 5.32 Å². The predicted octanol–water partition coefficient (Wildman–Crippen LogP) is 1.62. The Balaban J connectivity index is 2.76. The van der Waals surface area contributed by atoms with Gasteiger partial charge in [0.15, 0.2) is 6.19 Å². The average molecular weight is 388 g/mol. The van der Waals surface area contributed by atoms with Crippen LogP contribution in [0.15, 0.2) is 29.2 Å². The summed E-state index contributed by atoms with van der Waals surface area (Å²) in [6.07, 6.45) is 2.74. The number of amides is 1. The molecule has 0 radical (unpaired) electrons. The zero-order valence-electron chi connectivity index (χ0n) is 12.3. The fraction of sp³-hybridized carbons (Fsp3) is 0.429. The highest BCUT2D eigenvalue weighted by Crippen LogP contribution is 2.16. The molecule has 0 bridgehead atoms. The van der Waals surface area contributed by atoms with E-state index in [1.165, 1.54) is 12.1 Å². The van der Waals surface area contributed by atoms with Crippen molar-refractivity contribution in [3.8, 4) is 6.19 Å². The number of sulfonamides is 1. The molecule has 0 unspecified atom stereocenters. The van der Waals surface area contributed by atoms with Gasteiger partial charge in [-0.3, -0.25) is 4.79 Å². The molecule has 6 nitrogen and oxygen atoms in total. The van der Waals surface area contributed by atoms with Gasteiger partial charge in [0.25, 0.3) is 10.0 Å². The lowest BCUT2D eigenvalue weighted by atomic mass is 10.1. The topological polar surface area (TPSA) is 90.3 Å². The lowest BCUT2D eigenvalue weighted by Gasteiger charge is -2.14. The third kappa shape index (κ3) is 5.00. The summed E-state index contributed by atoms with van der Waals surface area (Å²) in [4.78, 5) is 11.2. The van der Waals surface area contributed by atoms with Crippen molar-refractivity contribution in [3.63, 3.8) is 0 Å². The molecule has 0 spiro atoms. The molecule has 0 aliphatic carbocycles. The molecule has 0 aliphatic heterocycles. The highest BCUT2D eigenvalue weighted by atomic mass is 79.9. The second-order valence-electron chi connectivity index (χ2n) is 4.46. The molecule has 1 aromatic carbocycles. The fourth-order valence-corrected chi connectivity index (χ4v) is 3.49. The van der Waals surface area contributed by atoms with Crippen LogP contribution in [0.2, 0.25) is 0 Å². The number of alkyl halides is 1. The predicted molar refractivity (Wildman–Crippen MR) is 86.7 cm³/mol. The van der Waals surface area contributed by atoms with E-state index in [-0.39, 0.29) is 17.3 Å². The number of carbonyl (C=O) groups is 1. The SMILES string of the molecule is CCC(=O)NCCc1ccc(S(=O)(=O)N(C#N)CCBr)cc1. The number of hydrogen-bond donors (Lipinski definition) is 1. The summed E-state index contributed by atoms with van der Waals surface area (Å²) < 4.78 is 25.2. The number of halogens is 1. The number of carbonyl (C=O) groups excluding carboxylic acids is 1. The Morgan fingerprint density at radius 1 is 1.36 bits per heavy atom. The van der Waals surface area contributed by atoms with Crippen LogP contribution in [0.5, 0.6) is 0 Å². The van der Waals surface area contributed by atoms with E-state index in [1.807, 2.05) is 0 Å². The first-order chi connectivity index (χ1) is 10.5. The number of nitrogens with zero attached hydrogens (tertiary/aromatic N) is 2. The normalized spacial score (nSPS) is 10.8. The summed E-state index contributed by atoms with van der Waals surface area (Å²) in [6.45, 7) is 2.37. The van der Waals surface area contributed by atoms with E-state index >= 15 is 0 Å². The first-order valence-electron chi connectivity index (χ1n) is 6.79. The van der Waals surface area contributed by atoms with Gasteiger partial charge in [-0.1, -0.05) is 35.0 Å². The average Bonchev–Trinajstić information content (AvgIpc) is 2.52. The summed E-state index contributed by atoms with van der Waals surface area (Å²) in [5.74, 6) is -0.0152. The Morgan fingerprint density at radius 3 is 2.50 bits per heavy atom. The summed E-state index contributed by atoms with van der Waals surface area (Å²) >= 11 is 3.12. The van der Waals surface area contributed by atoms with Crippen molar-refractivity contribution in [3.05, 3.63) is 29.8 Å². The van der Waals surface area contributed by atoms with Gasteiger partial charge in [0.2, 0.25) is 5.91 Å². The Labute approximate surface area is 139 Å². The van der Waals surface area contributed by atoms with Crippen LogP contribution in [-0.2, 0) is 21.2 Å². The molecular weight excluding hydrogens is 370 g/mol. The zero-order chi connectivity index (χ0) is 16.6. The molecule has 0 aliphatic rings. The second-order valence-corrected chi connectivity index (χ2v) is 7.12. The summed E-state index contributed by atoms with van der Waals surface area (Å²) in [5, 5.41) is 12.1. The maximum absolute atomic E-state index is 12.2. The van der Waals surface area contributed by atoms with Crippen LogP contribution in [-0.4, -0.2) is 37.0 Å². The van der Waals surface area contributed by atoms with Gasteiger partial charge in [-0.15, -0.1) is 0 Å². The number of benzene rings is 1. The molecule has 8 heteroatoms. The van der Waals surface area contributed by atoms with Crippen LogP contribution in [0.3, 0.4) is 0 Å². The third-order valence-electron chi connectivity index (χ3n) is 2.97. The molecule has 120 valence electrons. The first kappa shape index (κ1) is 18.5.